The van der Waals surface area contributed by atoms with E-state index >= 15 is 0 Å². The standard InChI is InChI=1S/C25H17N3O4S/c29-22(18-13-26-19-9-5-4-8-17(18)19)23(15-6-2-1-3-7-15)33-25-28-27-24(32-25)16-10-11-20-21(12-16)31-14-30-20/h1-13,23,26H,14H2/t23-/m0/s1. The first-order valence-corrected chi connectivity index (χ1v) is 11.2. The van der Waals surface area contributed by atoms with Crippen molar-refractivity contribution < 1.29 is 18.7 Å². The molecule has 33 heavy (non-hydrogen) atoms. The second-order valence-electron chi connectivity index (χ2n) is 7.46. The third-order valence-electron chi connectivity index (χ3n) is 5.44. The topological polar surface area (TPSA) is 90.2 Å². The lowest BCUT2D eigenvalue weighted by atomic mass is 10.0. The van der Waals surface area contributed by atoms with E-state index in [9.17, 15) is 4.79 Å². The molecule has 1 aliphatic rings. The number of hydrogen-bond donors (Lipinski definition) is 1. The van der Waals surface area contributed by atoms with Crippen LogP contribution in [0.1, 0.15) is 21.2 Å². The Morgan fingerprint density at radius 1 is 0.939 bits per heavy atom. The van der Waals surface area contributed by atoms with Crippen molar-refractivity contribution >= 4 is 28.4 Å². The van der Waals surface area contributed by atoms with Gasteiger partial charge in [-0.2, -0.15) is 0 Å². The van der Waals surface area contributed by atoms with Crippen LogP contribution in [-0.4, -0.2) is 27.8 Å². The number of Topliss-reactive ketones (excluding diaryl/α,β-unsaturated/α-hetero) is 1. The molecule has 1 atom stereocenters. The van der Waals surface area contributed by atoms with Crippen LogP contribution < -0.4 is 9.47 Å². The molecule has 0 aliphatic carbocycles. The molecule has 5 aromatic rings. The number of benzene rings is 3. The first-order chi connectivity index (χ1) is 16.3. The molecule has 6 rings (SSSR count). The molecule has 0 saturated carbocycles. The number of aromatic nitrogens is 3. The molecule has 2 aromatic heterocycles. The number of thioether (sulfide) groups is 1. The molecule has 0 spiro atoms. The fourth-order valence-corrected chi connectivity index (χ4v) is 4.77. The molecular weight excluding hydrogens is 438 g/mol. The van der Waals surface area contributed by atoms with Gasteiger partial charge in [-0.15, -0.1) is 10.2 Å². The molecule has 0 bridgehead atoms. The number of hydrogen-bond acceptors (Lipinski definition) is 7. The highest BCUT2D eigenvalue weighted by Gasteiger charge is 2.28. The van der Waals surface area contributed by atoms with Gasteiger partial charge < -0.3 is 18.9 Å². The SMILES string of the molecule is O=C(c1c[nH]c2ccccc12)[C@@H](Sc1nnc(-c2ccc3c(c2)OCO3)o1)c1ccccc1. The summed E-state index contributed by atoms with van der Waals surface area (Å²) in [7, 11) is 0. The Kier molecular flexibility index (Phi) is 4.84. The maximum atomic E-state index is 13.7. The Balaban J connectivity index is 1.33. The van der Waals surface area contributed by atoms with Crippen LogP contribution in [-0.2, 0) is 0 Å². The van der Waals surface area contributed by atoms with E-state index in [0.29, 0.717) is 28.2 Å². The number of aromatic amines is 1. The van der Waals surface area contributed by atoms with Crippen LogP contribution in [0.5, 0.6) is 11.5 Å². The highest BCUT2D eigenvalue weighted by Crippen LogP contribution is 2.40. The van der Waals surface area contributed by atoms with Gasteiger partial charge >= 0.3 is 0 Å². The number of ether oxygens (including phenoxy) is 2. The largest absolute Gasteiger partial charge is 0.454 e. The normalized spacial score (nSPS) is 13.3. The molecule has 1 aliphatic heterocycles. The lowest BCUT2D eigenvalue weighted by Crippen LogP contribution is -2.09. The number of ketones is 1. The monoisotopic (exact) mass is 455 g/mol. The molecule has 0 fully saturated rings. The third kappa shape index (κ3) is 3.64. The number of fused-ring (bicyclic) bond motifs is 2. The minimum absolute atomic E-state index is 0.0357. The van der Waals surface area contributed by atoms with Gasteiger partial charge in [0.1, 0.15) is 5.25 Å². The van der Waals surface area contributed by atoms with Crippen LogP contribution in [0.4, 0.5) is 0 Å². The van der Waals surface area contributed by atoms with Gasteiger partial charge in [0.25, 0.3) is 5.22 Å². The summed E-state index contributed by atoms with van der Waals surface area (Å²) in [5.41, 5.74) is 3.13. The molecule has 1 N–H and O–H groups in total. The van der Waals surface area contributed by atoms with Crippen molar-refractivity contribution in [3.05, 3.63) is 90.1 Å². The zero-order valence-electron chi connectivity index (χ0n) is 17.2. The average Bonchev–Trinajstić information content (AvgIpc) is 3.61. The second-order valence-corrected chi connectivity index (χ2v) is 8.52. The highest BCUT2D eigenvalue weighted by molar-refractivity contribution is 8.00. The fraction of sp³-hybridized carbons (Fsp3) is 0.0800. The number of carbonyl (C=O) groups excluding carboxylic acids is 1. The minimum atomic E-state index is -0.546. The van der Waals surface area contributed by atoms with Gasteiger partial charge in [-0.1, -0.05) is 48.5 Å². The Bertz CT molecular complexity index is 1460. The van der Waals surface area contributed by atoms with E-state index < -0.39 is 5.25 Å². The van der Waals surface area contributed by atoms with Gasteiger partial charge in [0.2, 0.25) is 12.7 Å². The quantitative estimate of drug-likeness (QED) is 0.261. The highest BCUT2D eigenvalue weighted by atomic mass is 32.2. The van der Waals surface area contributed by atoms with E-state index in [0.717, 1.165) is 22.0 Å². The first-order valence-electron chi connectivity index (χ1n) is 10.3. The Labute approximate surface area is 192 Å². The number of para-hydroxylation sites is 1. The molecule has 3 heterocycles. The van der Waals surface area contributed by atoms with E-state index in [-0.39, 0.29) is 12.6 Å². The van der Waals surface area contributed by atoms with Crippen molar-refractivity contribution in [1.29, 1.82) is 0 Å². The summed E-state index contributed by atoms with van der Waals surface area (Å²) in [6.07, 6.45) is 1.76. The van der Waals surface area contributed by atoms with Crippen LogP contribution in [0.15, 0.2) is 88.6 Å². The van der Waals surface area contributed by atoms with Crippen molar-refractivity contribution in [1.82, 2.24) is 15.2 Å². The smallest absolute Gasteiger partial charge is 0.277 e. The van der Waals surface area contributed by atoms with Gasteiger partial charge in [-0.25, -0.2) is 0 Å². The molecule has 3 aromatic carbocycles. The van der Waals surface area contributed by atoms with Crippen molar-refractivity contribution in [3.8, 4) is 23.0 Å². The summed E-state index contributed by atoms with van der Waals surface area (Å²) < 4.78 is 16.7. The number of H-pyrrole nitrogens is 1. The maximum absolute atomic E-state index is 13.7. The maximum Gasteiger partial charge on any atom is 0.277 e. The Hall–Kier alpha value is -4.04. The summed E-state index contributed by atoms with van der Waals surface area (Å²) >= 11 is 1.24. The number of nitrogens with zero attached hydrogens (tertiary/aromatic N) is 2. The minimum Gasteiger partial charge on any atom is -0.454 e. The summed E-state index contributed by atoms with van der Waals surface area (Å²) in [5, 5.41) is 9.02. The van der Waals surface area contributed by atoms with Gasteiger partial charge in [0.15, 0.2) is 17.3 Å². The van der Waals surface area contributed by atoms with Crippen LogP contribution in [0.25, 0.3) is 22.4 Å². The Morgan fingerprint density at radius 2 is 1.76 bits per heavy atom. The van der Waals surface area contributed by atoms with Gasteiger partial charge in [-0.05, 0) is 41.6 Å². The third-order valence-corrected chi connectivity index (χ3v) is 6.53. The molecule has 0 radical (unpaired) electrons. The molecule has 0 amide bonds. The molecular formula is C25H17N3O4S. The van der Waals surface area contributed by atoms with Gasteiger partial charge in [-0.3, -0.25) is 4.79 Å². The van der Waals surface area contributed by atoms with E-state index in [2.05, 4.69) is 15.2 Å². The van der Waals surface area contributed by atoms with E-state index in [1.807, 2.05) is 66.7 Å². The molecule has 0 unspecified atom stereocenters. The van der Waals surface area contributed by atoms with Gasteiger partial charge in [0, 0.05) is 28.2 Å². The van der Waals surface area contributed by atoms with Crippen molar-refractivity contribution in [3.63, 3.8) is 0 Å². The number of carbonyl (C=O) groups is 1. The summed E-state index contributed by atoms with van der Waals surface area (Å²) in [4.78, 5) is 16.9. The molecule has 8 heteroatoms. The zero-order valence-corrected chi connectivity index (χ0v) is 18.0. The van der Waals surface area contributed by atoms with E-state index in [1.165, 1.54) is 11.8 Å². The Morgan fingerprint density at radius 3 is 2.67 bits per heavy atom. The average molecular weight is 455 g/mol. The summed E-state index contributed by atoms with van der Waals surface area (Å²) in [6, 6.07) is 22.8. The lowest BCUT2D eigenvalue weighted by molar-refractivity contribution is 0.0990. The van der Waals surface area contributed by atoms with Crippen molar-refractivity contribution in [2.24, 2.45) is 0 Å². The van der Waals surface area contributed by atoms with Gasteiger partial charge in [0.05, 0.1) is 0 Å². The van der Waals surface area contributed by atoms with Crippen LogP contribution >= 0.6 is 11.8 Å². The lowest BCUT2D eigenvalue weighted by Gasteiger charge is -2.13. The fourth-order valence-electron chi connectivity index (χ4n) is 3.82. The van der Waals surface area contributed by atoms with Crippen LogP contribution in [0.3, 0.4) is 0 Å². The molecule has 7 nitrogen and oxygen atoms in total. The van der Waals surface area contributed by atoms with Crippen molar-refractivity contribution in [2.45, 2.75) is 10.5 Å². The summed E-state index contributed by atoms with van der Waals surface area (Å²) in [6.45, 7) is 0.193. The summed E-state index contributed by atoms with van der Waals surface area (Å²) in [5.74, 6) is 1.63. The predicted octanol–water partition coefficient (Wildman–Crippen LogP) is 5.66. The van der Waals surface area contributed by atoms with Crippen LogP contribution in [0.2, 0.25) is 0 Å². The van der Waals surface area contributed by atoms with E-state index in [1.54, 1.807) is 12.3 Å². The van der Waals surface area contributed by atoms with E-state index in [4.69, 9.17) is 13.9 Å². The van der Waals surface area contributed by atoms with Crippen LogP contribution in [0, 0.1) is 0 Å². The predicted molar refractivity (Wildman–Crippen MR) is 124 cm³/mol. The number of nitrogens with one attached hydrogen (secondary N) is 1. The zero-order chi connectivity index (χ0) is 22.2. The number of rotatable bonds is 6. The molecule has 0 saturated heterocycles. The second kappa shape index (κ2) is 8.14. The first kappa shape index (κ1) is 19.6. The molecule has 162 valence electrons. The van der Waals surface area contributed by atoms with Crippen molar-refractivity contribution in [2.75, 3.05) is 6.79 Å².